The molecule has 1 N–H and O–H groups in total. The lowest BCUT2D eigenvalue weighted by atomic mass is 10.1. The Morgan fingerprint density at radius 2 is 1.76 bits per heavy atom. The zero-order valence-electron chi connectivity index (χ0n) is 13.6. The van der Waals surface area contributed by atoms with Crippen molar-refractivity contribution in [2.75, 3.05) is 23.3 Å². The first-order chi connectivity index (χ1) is 12.0. The van der Waals surface area contributed by atoms with Gasteiger partial charge in [0.2, 0.25) is 0 Å². The van der Waals surface area contributed by atoms with E-state index in [9.17, 15) is 14.9 Å². The topological polar surface area (TPSA) is 75.5 Å². The zero-order valence-corrected chi connectivity index (χ0v) is 14.3. The quantitative estimate of drug-likeness (QED) is 0.644. The molecule has 1 fully saturated rings. The number of carbonyl (C=O) groups excluding carboxylic acids is 1. The molecule has 0 unspecified atom stereocenters. The highest BCUT2D eigenvalue weighted by atomic mass is 35.5. The molecule has 1 saturated heterocycles. The molecule has 1 heterocycles. The van der Waals surface area contributed by atoms with Crippen LogP contribution in [-0.2, 0) is 0 Å². The van der Waals surface area contributed by atoms with E-state index in [-0.39, 0.29) is 11.3 Å². The summed E-state index contributed by atoms with van der Waals surface area (Å²) >= 11 is 5.82. The van der Waals surface area contributed by atoms with Crippen molar-refractivity contribution in [3.63, 3.8) is 0 Å². The van der Waals surface area contributed by atoms with Crippen LogP contribution in [0.15, 0.2) is 42.5 Å². The number of nitro groups is 1. The maximum atomic E-state index is 12.4. The molecule has 2 aromatic carbocycles. The van der Waals surface area contributed by atoms with Gasteiger partial charge in [-0.3, -0.25) is 14.9 Å². The first-order valence-corrected chi connectivity index (χ1v) is 8.53. The van der Waals surface area contributed by atoms with Gasteiger partial charge in [0, 0.05) is 35.4 Å². The minimum atomic E-state index is -0.428. The lowest BCUT2D eigenvalue weighted by Gasteiger charge is -2.28. The number of nitrogens with zero attached hydrogens (tertiary/aromatic N) is 2. The van der Waals surface area contributed by atoms with E-state index in [1.165, 1.54) is 6.07 Å². The van der Waals surface area contributed by atoms with E-state index >= 15 is 0 Å². The van der Waals surface area contributed by atoms with Crippen LogP contribution in [0.4, 0.5) is 17.1 Å². The number of nitro benzene ring substituents is 1. The Morgan fingerprint density at radius 3 is 2.40 bits per heavy atom. The van der Waals surface area contributed by atoms with Gasteiger partial charge in [0.05, 0.1) is 4.92 Å². The Labute approximate surface area is 150 Å². The Kier molecular flexibility index (Phi) is 5.19. The average Bonchev–Trinajstić information content (AvgIpc) is 2.63. The van der Waals surface area contributed by atoms with Crippen molar-refractivity contribution in [1.82, 2.24) is 0 Å². The number of nitrogens with one attached hydrogen (secondary N) is 1. The number of hydrogen-bond acceptors (Lipinski definition) is 4. The first kappa shape index (κ1) is 17.2. The molecular formula is C18H18ClN3O3. The van der Waals surface area contributed by atoms with Crippen molar-refractivity contribution in [1.29, 1.82) is 0 Å². The molecule has 1 amide bonds. The summed E-state index contributed by atoms with van der Waals surface area (Å²) in [6, 6.07) is 11.3. The van der Waals surface area contributed by atoms with E-state index in [1.54, 1.807) is 36.4 Å². The molecule has 0 bridgehead atoms. The van der Waals surface area contributed by atoms with E-state index < -0.39 is 10.8 Å². The van der Waals surface area contributed by atoms with E-state index in [0.717, 1.165) is 32.4 Å². The van der Waals surface area contributed by atoms with Crippen LogP contribution in [0.1, 0.15) is 29.6 Å². The van der Waals surface area contributed by atoms with E-state index in [2.05, 4.69) is 5.32 Å². The first-order valence-electron chi connectivity index (χ1n) is 8.15. The maximum absolute atomic E-state index is 12.4. The molecule has 0 atom stereocenters. The number of benzene rings is 2. The van der Waals surface area contributed by atoms with Gasteiger partial charge in [-0.05, 0) is 55.7 Å². The summed E-state index contributed by atoms with van der Waals surface area (Å²) in [6.45, 7) is 1.61. The second-order valence-corrected chi connectivity index (χ2v) is 6.41. The number of amides is 1. The monoisotopic (exact) mass is 359 g/mol. The van der Waals surface area contributed by atoms with Crippen LogP contribution in [0.25, 0.3) is 0 Å². The summed E-state index contributed by atoms with van der Waals surface area (Å²) in [5.74, 6) is -0.393. The summed E-state index contributed by atoms with van der Waals surface area (Å²) in [4.78, 5) is 25.4. The Morgan fingerprint density at radius 1 is 1.08 bits per heavy atom. The fraction of sp³-hybridized carbons (Fsp3) is 0.278. The predicted octanol–water partition coefficient (Wildman–Crippen LogP) is 4.49. The summed E-state index contributed by atoms with van der Waals surface area (Å²) in [6.07, 6.45) is 3.19. The van der Waals surface area contributed by atoms with Crippen molar-refractivity contribution in [2.45, 2.75) is 19.3 Å². The minimum Gasteiger partial charge on any atom is -0.366 e. The summed E-state index contributed by atoms with van der Waals surface area (Å²) in [7, 11) is 0. The molecular weight excluding hydrogens is 342 g/mol. The second-order valence-electron chi connectivity index (χ2n) is 5.97. The predicted molar refractivity (Wildman–Crippen MR) is 98.6 cm³/mol. The molecule has 0 radical (unpaired) electrons. The molecule has 2 aromatic rings. The van der Waals surface area contributed by atoms with Gasteiger partial charge in [0.1, 0.15) is 5.69 Å². The van der Waals surface area contributed by atoms with Crippen LogP contribution in [-0.4, -0.2) is 23.9 Å². The highest BCUT2D eigenvalue weighted by Crippen LogP contribution is 2.31. The molecule has 0 aromatic heterocycles. The Balaban J connectivity index is 1.84. The average molecular weight is 360 g/mol. The smallest absolute Gasteiger partial charge is 0.293 e. The summed E-state index contributed by atoms with van der Waals surface area (Å²) in [5.41, 5.74) is 1.37. The molecule has 1 aliphatic heterocycles. The van der Waals surface area contributed by atoms with E-state index in [4.69, 9.17) is 11.6 Å². The molecule has 130 valence electrons. The van der Waals surface area contributed by atoms with Gasteiger partial charge in [-0.15, -0.1) is 0 Å². The van der Waals surface area contributed by atoms with E-state index in [0.29, 0.717) is 16.4 Å². The maximum Gasteiger partial charge on any atom is 0.293 e. The fourth-order valence-electron chi connectivity index (χ4n) is 2.95. The van der Waals surface area contributed by atoms with Crippen molar-refractivity contribution >= 4 is 34.6 Å². The molecule has 1 aliphatic rings. The van der Waals surface area contributed by atoms with Crippen LogP contribution in [0.2, 0.25) is 5.02 Å². The molecule has 25 heavy (non-hydrogen) atoms. The second kappa shape index (κ2) is 7.53. The Bertz CT molecular complexity index is 787. The van der Waals surface area contributed by atoms with Gasteiger partial charge in [-0.2, -0.15) is 0 Å². The number of halogens is 1. The summed E-state index contributed by atoms with van der Waals surface area (Å²) in [5, 5.41) is 14.8. The van der Waals surface area contributed by atoms with Crippen LogP contribution in [0.3, 0.4) is 0 Å². The molecule has 7 heteroatoms. The molecule has 0 aliphatic carbocycles. The van der Waals surface area contributed by atoms with Crippen LogP contribution >= 0.6 is 11.6 Å². The normalized spacial score (nSPS) is 14.2. The largest absolute Gasteiger partial charge is 0.366 e. The van der Waals surface area contributed by atoms with E-state index in [1.807, 2.05) is 4.90 Å². The van der Waals surface area contributed by atoms with Gasteiger partial charge < -0.3 is 10.2 Å². The van der Waals surface area contributed by atoms with Crippen LogP contribution < -0.4 is 10.2 Å². The number of hydrogen-bond donors (Lipinski definition) is 1. The SMILES string of the molecule is O=C(Nc1ccc(Cl)cc1)c1ccc(N2CCCCC2)c([N+](=O)[O-])c1. The standard InChI is InChI=1S/C18H18ClN3O3/c19-14-5-7-15(8-6-14)20-18(23)13-4-9-16(17(12-13)22(24)25)21-10-2-1-3-11-21/h4-9,12H,1-3,10-11H2,(H,20,23). The van der Waals surface area contributed by atoms with Crippen molar-refractivity contribution in [3.05, 3.63) is 63.2 Å². The van der Waals surface area contributed by atoms with Crippen LogP contribution in [0.5, 0.6) is 0 Å². The number of carbonyl (C=O) groups is 1. The third kappa shape index (κ3) is 4.09. The number of anilines is 2. The molecule has 0 spiro atoms. The zero-order chi connectivity index (χ0) is 17.8. The fourth-order valence-corrected chi connectivity index (χ4v) is 3.08. The third-order valence-corrected chi connectivity index (χ3v) is 4.49. The lowest BCUT2D eigenvalue weighted by molar-refractivity contribution is -0.384. The van der Waals surface area contributed by atoms with Gasteiger partial charge >= 0.3 is 0 Å². The third-order valence-electron chi connectivity index (χ3n) is 4.23. The van der Waals surface area contributed by atoms with Gasteiger partial charge in [-0.1, -0.05) is 11.6 Å². The minimum absolute atomic E-state index is 0.0364. The van der Waals surface area contributed by atoms with Gasteiger partial charge in [-0.25, -0.2) is 0 Å². The molecule has 6 nitrogen and oxygen atoms in total. The number of rotatable bonds is 4. The van der Waals surface area contributed by atoms with Crippen molar-refractivity contribution in [2.24, 2.45) is 0 Å². The van der Waals surface area contributed by atoms with Gasteiger partial charge in [0.25, 0.3) is 11.6 Å². The number of piperidine rings is 1. The summed E-state index contributed by atoms with van der Waals surface area (Å²) < 4.78 is 0. The highest BCUT2D eigenvalue weighted by Gasteiger charge is 2.23. The van der Waals surface area contributed by atoms with Crippen LogP contribution in [0, 0.1) is 10.1 Å². The lowest BCUT2D eigenvalue weighted by Crippen LogP contribution is -2.30. The molecule has 0 saturated carbocycles. The van der Waals surface area contributed by atoms with Gasteiger partial charge in [0.15, 0.2) is 0 Å². The van der Waals surface area contributed by atoms with Crippen molar-refractivity contribution in [3.8, 4) is 0 Å². The highest BCUT2D eigenvalue weighted by molar-refractivity contribution is 6.30. The molecule has 3 rings (SSSR count). The van der Waals surface area contributed by atoms with Crippen molar-refractivity contribution < 1.29 is 9.72 Å². The Hall–Kier alpha value is -2.60.